The zero-order valence-corrected chi connectivity index (χ0v) is 13.1. The molecular formula is C15H16ClF2NOS. The molecule has 1 aromatic heterocycles. The second-order valence-corrected chi connectivity index (χ2v) is 6.38. The van der Waals surface area contributed by atoms with Gasteiger partial charge in [-0.3, -0.25) is 0 Å². The first-order chi connectivity index (χ1) is 10.0. The third-order valence-electron chi connectivity index (χ3n) is 3.03. The van der Waals surface area contributed by atoms with Crippen LogP contribution in [-0.4, -0.2) is 13.2 Å². The van der Waals surface area contributed by atoms with Crippen LogP contribution in [0.15, 0.2) is 36.4 Å². The fourth-order valence-electron chi connectivity index (χ4n) is 1.98. The first-order valence-electron chi connectivity index (χ1n) is 6.57. The van der Waals surface area contributed by atoms with E-state index in [9.17, 15) is 8.78 Å². The molecule has 2 rings (SSSR count). The minimum absolute atomic E-state index is 0.0571. The molecule has 0 aliphatic rings. The van der Waals surface area contributed by atoms with E-state index in [0.717, 1.165) is 22.9 Å². The van der Waals surface area contributed by atoms with Crippen LogP contribution in [0.25, 0.3) is 0 Å². The summed E-state index contributed by atoms with van der Waals surface area (Å²) in [6.07, 6.45) is 0.884. The molecule has 0 saturated carbocycles. The summed E-state index contributed by atoms with van der Waals surface area (Å²) in [7, 11) is 0. The van der Waals surface area contributed by atoms with Crippen molar-refractivity contribution >= 4 is 22.9 Å². The van der Waals surface area contributed by atoms with Gasteiger partial charge in [0.05, 0.1) is 4.34 Å². The predicted octanol–water partition coefficient (Wildman–Crippen LogP) is 4.90. The van der Waals surface area contributed by atoms with Crippen LogP contribution in [0.4, 0.5) is 8.78 Å². The molecule has 2 aromatic rings. The summed E-state index contributed by atoms with van der Waals surface area (Å²) in [6, 6.07) is 10.7. The van der Waals surface area contributed by atoms with Crippen LogP contribution < -0.4 is 10.1 Å². The highest BCUT2D eigenvalue weighted by molar-refractivity contribution is 7.16. The first kappa shape index (κ1) is 16.2. The molecule has 1 aromatic carbocycles. The zero-order valence-electron chi connectivity index (χ0n) is 11.5. The minimum Gasteiger partial charge on any atom is -0.435 e. The van der Waals surface area contributed by atoms with E-state index in [1.807, 2.05) is 25.1 Å². The predicted molar refractivity (Wildman–Crippen MR) is 82.5 cm³/mol. The highest BCUT2D eigenvalue weighted by Crippen LogP contribution is 2.23. The first-order valence-corrected chi connectivity index (χ1v) is 7.76. The molecule has 6 heteroatoms. The van der Waals surface area contributed by atoms with Crippen LogP contribution in [0, 0.1) is 0 Å². The Labute approximate surface area is 131 Å². The fourth-order valence-corrected chi connectivity index (χ4v) is 3.06. The van der Waals surface area contributed by atoms with Crippen LogP contribution >= 0.6 is 22.9 Å². The van der Waals surface area contributed by atoms with Gasteiger partial charge in [0.25, 0.3) is 0 Å². The maximum atomic E-state index is 12.2. The lowest BCUT2D eigenvalue weighted by atomic mass is 10.1. The molecule has 0 fully saturated rings. The molecule has 114 valence electrons. The van der Waals surface area contributed by atoms with E-state index in [-0.39, 0.29) is 11.8 Å². The van der Waals surface area contributed by atoms with E-state index in [0.29, 0.717) is 0 Å². The number of alkyl halides is 2. The molecule has 1 unspecified atom stereocenters. The Morgan fingerprint density at radius 2 is 2.10 bits per heavy atom. The molecule has 0 radical (unpaired) electrons. The molecular weight excluding hydrogens is 316 g/mol. The van der Waals surface area contributed by atoms with E-state index < -0.39 is 6.61 Å². The molecule has 1 atom stereocenters. The SMILES string of the molecule is CC(NCCc1ccc(Cl)s1)c1cccc(OC(F)F)c1. The van der Waals surface area contributed by atoms with E-state index >= 15 is 0 Å². The van der Waals surface area contributed by atoms with Gasteiger partial charge in [-0.2, -0.15) is 8.78 Å². The second kappa shape index (κ2) is 7.73. The molecule has 1 N–H and O–H groups in total. The van der Waals surface area contributed by atoms with Crippen LogP contribution in [-0.2, 0) is 6.42 Å². The molecule has 0 spiro atoms. The van der Waals surface area contributed by atoms with Crippen LogP contribution in [0.2, 0.25) is 4.34 Å². The molecule has 0 amide bonds. The molecule has 1 heterocycles. The van der Waals surface area contributed by atoms with Crippen molar-refractivity contribution in [3.63, 3.8) is 0 Å². The van der Waals surface area contributed by atoms with Crippen molar-refractivity contribution in [2.75, 3.05) is 6.54 Å². The van der Waals surface area contributed by atoms with E-state index in [1.54, 1.807) is 23.5 Å². The van der Waals surface area contributed by atoms with Crippen molar-refractivity contribution < 1.29 is 13.5 Å². The Hall–Kier alpha value is -1.17. The average molecular weight is 332 g/mol. The second-order valence-electron chi connectivity index (χ2n) is 4.58. The van der Waals surface area contributed by atoms with Crippen molar-refractivity contribution in [3.8, 4) is 5.75 Å². The molecule has 0 aliphatic carbocycles. The van der Waals surface area contributed by atoms with Crippen molar-refractivity contribution in [3.05, 3.63) is 51.2 Å². The molecule has 0 bridgehead atoms. The van der Waals surface area contributed by atoms with Gasteiger partial charge in [-0.15, -0.1) is 11.3 Å². The number of nitrogens with one attached hydrogen (secondary N) is 1. The van der Waals surface area contributed by atoms with Crippen LogP contribution in [0.5, 0.6) is 5.75 Å². The quantitative estimate of drug-likeness (QED) is 0.779. The summed E-state index contributed by atoms with van der Waals surface area (Å²) in [5.41, 5.74) is 0.914. The van der Waals surface area contributed by atoms with E-state index in [4.69, 9.17) is 11.6 Å². The highest BCUT2D eigenvalue weighted by atomic mass is 35.5. The standard InChI is InChI=1S/C15H16ClF2NOS/c1-10(19-8-7-13-5-6-14(16)21-13)11-3-2-4-12(9-11)20-15(17)18/h2-6,9-10,15,19H,7-8H2,1H3. The van der Waals surface area contributed by atoms with E-state index in [2.05, 4.69) is 10.1 Å². The summed E-state index contributed by atoms with van der Waals surface area (Å²) in [6.45, 7) is -0.0204. The largest absolute Gasteiger partial charge is 0.435 e. The fraction of sp³-hybridized carbons (Fsp3) is 0.333. The lowest BCUT2D eigenvalue weighted by Crippen LogP contribution is -2.21. The van der Waals surface area contributed by atoms with Crippen LogP contribution in [0.3, 0.4) is 0 Å². The Morgan fingerprint density at radius 1 is 1.29 bits per heavy atom. The van der Waals surface area contributed by atoms with Gasteiger partial charge in [0.15, 0.2) is 0 Å². The normalized spacial score (nSPS) is 12.6. The summed E-state index contributed by atoms with van der Waals surface area (Å²) >= 11 is 7.45. The number of rotatable bonds is 7. The number of hydrogen-bond donors (Lipinski definition) is 1. The number of thiophene rings is 1. The molecule has 21 heavy (non-hydrogen) atoms. The van der Waals surface area contributed by atoms with Gasteiger partial charge >= 0.3 is 6.61 Å². The van der Waals surface area contributed by atoms with E-state index in [1.165, 1.54) is 10.9 Å². The Bertz CT molecular complexity index is 576. The highest BCUT2D eigenvalue weighted by Gasteiger charge is 2.09. The van der Waals surface area contributed by atoms with Gasteiger partial charge in [0, 0.05) is 17.5 Å². The summed E-state index contributed by atoms with van der Waals surface area (Å²) in [5, 5.41) is 3.36. The smallest absolute Gasteiger partial charge is 0.387 e. The van der Waals surface area contributed by atoms with Gasteiger partial charge < -0.3 is 10.1 Å². The number of halogens is 3. The maximum absolute atomic E-state index is 12.2. The van der Waals surface area contributed by atoms with Crippen molar-refractivity contribution in [2.24, 2.45) is 0 Å². The molecule has 0 saturated heterocycles. The van der Waals surface area contributed by atoms with Crippen molar-refractivity contribution in [1.29, 1.82) is 0 Å². The summed E-state index contributed by atoms with van der Waals surface area (Å²) in [5.74, 6) is 0.182. The van der Waals surface area contributed by atoms with Crippen molar-refractivity contribution in [1.82, 2.24) is 5.32 Å². The Kier molecular flexibility index (Phi) is 5.96. The van der Waals surface area contributed by atoms with Gasteiger partial charge in [0.1, 0.15) is 5.75 Å². The third kappa shape index (κ3) is 5.26. The lowest BCUT2D eigenvalue weighted by molar-refractivity contribution is -0.0499. The monoisotopic (exact) mass is 331 g/mol. The van der Waals surface area contributed by atoms with Gasteiger partial charge in [-0.1, -0.05) is 23.7 Å². The van der Waals surface area contributed by atoms with Crippen LogP contribution in [0.1, 0.15) is 23.4 Å². The third-order valence-corrected chi connectivity index (χ3v) is 4.32. The average Bonchev–Trinajstić information content (AvgIpc) is 2.84. The topological polar surface area (TPSA) is 21.3 Å². The number of benzene rings is 1. The number of ether oxygens (including phenoxy) is 1. The van der Waals surface area contributed by atoms with Crippen molar-refractivity contribution in [2.45, 2.75) is 26.0 Å². The zero-order chi connectivity index (χ0) is 15.2. The molecule has 0 aliphatic heterocycles. The summed E-state index contributed by atoms with van der Waals surface area (Å²) < 4.78 is 29.6. The Morgan fingerprint density at radius 3 is 2.76 bits per heavy atom. The minimum atomic E-state index is -2.80. The van der Waals surface area contributed by atoms with Gasteiger partial charge in [-0.05, 0) is 43.2 Å². The van der Waals surface area contributed by atoms with Gasteiger partial charge in [0.2, 0.25) is 0 Å². The Balaban J connectivity index is 1.86. The summed E-state index contributed by atoms with van der Waals surface area (Å²) in [4.78, 5) is 1.22. The van der Waals surface area contributed by atoms with Gasteiger partial charge in [-0.25, -0.2) is 0 Å². The molecule has 2 nitrogen and oxygen atoms in total. The number of hydrogen-bond acceptors (Lipinski definition) is 3. The lowest BCUT2D eigenvalue weighted by Gasteiger charge is -2.15. The maximum Gasteiger partial charge on any atom is 0.387 e.